The van der Waals surface area contributed by atoms with Gasteiger partial charge in [0.05, 0.1) is 16.7 Å². The lowest BCUT2D eigenvalue weighted by Gasteiger charge is -2.51. The number of rotatable bonds is 7. The van der Waals surface area contributed by atoms with Crippen molar-refractivity contribution in [2.24, 2.45) is 11.8 Å². The molecule has 202 valence electrons. The second-order valence-corrected chi connectivity index (χ2v) is 11.1. The lowest BCUT2D eigenvalue weighted by molar-refractivity contribution is -0.272. The van der Waals surface area contributed by atoms with Gasteiger partial charge < -0.3 is 15.2 Å². The van der Waals surface area contributed by atoms with Gasteiger partial charge in [-0.1, -0.05) is 27.7 Å². The summed E-state index contributed by atoms with van der Waals surface area (Å²) in [6.07, 6.45) is -9.76. The number of aliphatic hydroxyl groups is 1. The summed E-state index contributed by atoms with van der Waals surface area (Å²) in [5.41, 5.74) is -3.28. The van der Waals surface area contributed by atoms with Crippen LogP contribution in [0.4, 0.5) is 26.3 Å². The van der Waals surface area contributed by atoms with E-state index in [1.807, 2.05) is 53.4 Å². The Hall–Kier alpha value is -1.36. The minimum absolute atomic E-state index is 0.0760. The van der Waals surface area contributed by atoms with Crippen molar-refractivity contribution in [3.05, 3.63) is 34.9 Å². The molecule has 10 heteroatoms. The predicted molar refractivity (Wildman–Crippen MR) is 122 cm³/mol. The molecule has 1 aliphatic heterocycles. The van der Waals surface area contributed by atoms with Crippen LogP contribution in [0.5, 0.6) is 0 Å². The van der Waals surface area contributed by atoms with E-state index in [2.05, 4.69) is 5.32 Å². The zero-order valence-electron chi connectivity index (χ0n) is 21.4. The maximum absolute atomic E-state index is 13.2. The van der Waals surface area contributed by atoms with E-state index in [9.17, 15) is 31.4 Å². The summed E-state index contributed by atoms with van der Waals surface area (Å²) < 4.78 is 85.2. The summed E-state index contributed by atoms with van der Waals surface area (Å²) >= 11 is 0. The molecule has 0 spiro atoms. The van der Waals surface area contributed by atoms with E-state index in [1.54, 1.807) is 0 Å². The highest BCUT2D eigenvalue weighted by Crippen LogP contribution is 2.37. The standard InChI is InChI=1S/C25H38F6N2O2/c1-14(2)20-11-19(12-21(15(3)4)33(20)22(34)35-23(5,6)7)32-13-16-8-17(24(26,27)28)10-18(9-16)25(29,30)31/h8-10,14-15,19-22,32,34H,11-13H2,1-7H3/t20-,21-,22?/m0/s1. The molecular formula is C25H38F6N2O2. The number of aliphatic hydroxyl groups excluding tert-OH is 1. The first-order valence-corrected chi connectivity index (χ1v) is 11.9. The van der Waals surface area contributed by atoms with Crippen molar-refractivity contribution in [3.63, 3.8) is 0 Å². The van der Waals surface area contributed by atoms with Crippen LogP contribution in [0, 0.1) is 11.8 Å². The molecule has 1 aliphatic rings. The summed E-state index contributed by atoms with van der Waals surface area (Å²) in [5, 5.41) is 14.1. The third-order valence-corrected chi connectivity index (χ3v) is 6.31. The largest absolute Gasteiger partial charge is 0.416 e. The molecule has 4 nitrogen and oxygen atoms in total. The smallest absolute Gasteiger partial charge is 0.356 e. The Bertz CT molecular complexity index is 782. The van der Waals surface area contributed by atoms with Crippen molar-refractivity contribution in [1.29, 1.82) is 0 Å². The van der Waals surface area contributed by atoms with Crippen LogP contribution in [-0.2, 0) is 23.6 Å². The molecule has 2 N–H and O–H groups in total. The number of benzene rings is 1. The lowest BCUT2D eigenvalue weighted by Crippen LogP contribution is -2.61. The summed E-state index contributed by atoms with van der Waals surface area (Å²) in [4.78, 5) is 1.96. The van der Waals surface area contributed by atoms with Gasteiger partial charge in [0, 0.05) is 24.7 Å². The Morgan fingerprint density at radius 3 is 1.66 bits per heavy atom. The van der Waals surface area contributed by atoms with Crippen molar-refractivity contribution in [2.45, 2.75) is 110 Å². The van der Waals surface area contributed by atoms with Gasteiger partial charge in [0.25, 0.3) is 0 Å². The number of halogens is 6. The van der Waals surface area contributed by atoms with Gasteiger partial charge in [-0.3, -0.25) is 0 Å². The fourth-order valence-corrected chi connectivity index (χ4v) is 4.66. The number of alkyl halides is 6. The van der Waals surface area contributed by atoms with Crippen molar-refractivity contribution in [1.82, 2.24) is 10.2 Å². The van der Waals surface area contributed by atoms with Crippen molar-refractivity contribution in [3.8, 4) is 0 Å². The lowest BCUT2D eigenvalue weighted by atomic mass is 9.82. The van der Waals surface area contributed by atoms with Crippen LogP contribution in [0.3, 0.4) is 0 Å². The topological polar surface area (TPSA) is 44.7 Å². The van der Waals surface area contributed by atoms with Crippen LogP contribution in [0.15, 0.2) is 18.2 Å². The number of hydrogen-bond acceptors (Lipinski definition) is 4. The highest BCUT2D eigenvalue weighted by atomic mass is 19.4. The minimum Gasteiger partial charge on any atom is -0.356 e. The second-order valence-electron chi connectivity index (χ2n) is 11.1. The monoisotopic (exact) mass is 512 g/mol. The molecule has 0 aromatic heterocycles. The molecule has 1 saturated heterocycles. The number of nitrogens with zero attached hydrogens (tertiary/aromatic N) is 1. The van der Waals surface area contributed by atoms with E-state index in [0.29, 0.717) is 12.8 Å². The van der Waals surface area contributed by atoms with Crippen molar-refractivity contribution < 1.29 is 36.2 Å². The van der Waals surface area contributed by atoms with E-state index in [4.69, 9.17) is 4.74 Å². The van der Waals surface area contributed by atoms with Gasteiger partial charge >= 0.3 is 12.4 Å². The average molecular weight is 513 g/mol. The van der Waals surface area contributed by atoms with E-state index in [0.717, 1.165) is 12.1 Å². The Labute approximate surface area is 204 Å². The van der Waals surface area contributed by atoms with Crippen LogP contribution in [0.2, 0.25) is 0 Å². The fraction of sp³-hybridized carbons (Fsp3) is 0.760. The Kier molecular flexibility index (Phi) is 9.34. The molecule has 1 aromatic rings. The zero-order valence-corrected chi connectivity index (χ0v) is 21.4. The number of ether oxygens (including phenoxy) is 1. The van der Waals surface area contributed by atoms with Gasteiger partial charge in [-0.2, -0.15) is 26.3 Å². The summed E-state index contributed by atoms with van der Waals surface area (Å²) in [6, 6.07) is 1.31. The highest BCUT2D eigenvalue weighted by molar-refractivity contribution is 5.33. The number of likely N-dealkylation sites (tertiary alicyclic amines) is 1. The van der Waals surface area contributed by atoms with Gasteiger partial charge in [-0.05, 0) is 69.2 Å². The number of nitrogens with one attached hydrogen (secondary N) is 1. The van der Waals surface area contributed by atoms with Gasteiger partial charge in [0.2, 0.25) is 6.41 Å². The Morgan fingerprint density at radius 1 is 0.886 bits per heavy atom. The predicted octanol–water partition coefficient (Wildman–Crippen LogP) is 6.42. The van der Waals surface area contributed by atoms with Crippen LogP contribution in [-0.4, -0.2) is 40.1 Å². The third kappa shape index (κ3) is 8.33. The summed E-state index contributed by atoms with van der Waals surface area (Å²) in [7, 11) is 0. The molecule has 1 heterocycles. The molecular weight excluding hydrogens is 474 g/mol. The molecule has 0 saturated carbocycles. The Morgan fingerprint density at radius 2 is 1.31 bits per heavy atom. The third-order valence-electron chi connectivity index (χ3n) is 6.31. The zero-order chi connectivity index (χ0) is 26.9. The molecule has 0 radical (unpaired) electrons. The minimum atomic E-state index is -4.88. The van der Waals surface area contributed by atoms with E-state index in [-0.39, 0.29) is 48.1 Å². The average Bonchev–Trinajstić information content (AvgIpc) is 2.68. The van der Waals surface area contributed by atoms with Crippen LogP contribution >= 0.6 is 0 Å². The van der Waals surface area contributed by atoms with Gasteiger partial charge in [0.1, 0.15) is 0 Å². The molecule has 1 unspecified atom stereocenters. The fourth-order valence-electron chi connectivity index (χ4n) is 4.66. The van der Waals surface area contributed by atoms with Gasteiger partial charge in [0.15, 0.2) is 0 Å². The second kappa shape index (κ2) is 10.9. The quantitative estimate of drug-likeness (QED) is 0.327. The van der Waals surface area contributed by atoms with Crippen LogP contribution in [0.1, 0.15) is 78.0 Å². The molecule has 1 fully saturated rings. The van der Waals surface area contributed by atoms with Crippen molar-refractivity contribution in [2.75, 3.05) is 0 Å². The molecule has 35 heavy (non-hydrogen) atoms. The molecule has 0 aliphatic carbocycles. The SMILES string of the molecule is CC(C)[C@@H]1CC(NCc2cc(C(F)(F)F)cc(C(F)(F)F)c2)C[C@@H](C(C)C)N1C(O)OC(C)(C)C. The summed E-state index contributed by atoms with van der Waals surface area (Å²) in [6.45, 7) is 13.5. The van der Waals surface area contributed by atoms with Crippen LogP contribution in [0.25, 0.3) is 0 Å². The van der Waals surface area contributed by atoms with E-state index >= 15 is 0 Å². The van der Waals surface area contributed by atoms with E-state index in [1.165, 1.54) is 0 Å². The van der Waals surface area contributed by atoms with Crippen molar-refractivity contribution >= 4 is 0 Å². The molecule has 0 bridgehead atoms. The Balaban J connectivity index is 2.28. The molecule has 0 amide bonds. The number of hydrogen-bond donors (Lipinski definition) is 2. The van der Waals surface area contributed by atoms with E-state index < -0.39 is 35.5 Å². The molecule has 2 rings (SSSR count). The number of piperidine rings is 1. The molecule has 1 aromatic carbocycles. The normalized spacial score (nSPS) is 23.8. The first-order valence-electron chi connectivity index (χ1n) is 11.9. The summed E-state index contributed by atoms with van der Waals surface area (Å²) in [5.74, 6) is 0.258. The first kappa shape index (κ1) is 29.9. The molecule has 3 atom stereocenters. The highest BCUT2D eigenvalue weighted by Gasteiger charge is 2.43. The first-order chi connectivity index (χ1) is 15.8. The van der Waals surface area contributed by atoms with Gasteiger partial charge in [-0.25, -0.2) is 4.90 Å². The van der Waals surface area contributed by atoms with Crippen LogP contribution < -0.4 is 5.32 Å². The van der Waals surface area contributed by atoms with Gasteiger partial charge in [-0.15, -0.1) is 0 Å². The maximum Gasteiger partial charge on any atom is 0.416 e. The maximum atomic E-state index is 13.2.